The minimum atomic E-state index is -0.484. The number of methoxy groups -OCH3 is 1. The van der Waals surface area contributed by atoms with E-state index in [9.17, 15) is 9.18 Å². The summed E-state index contributed by atoms with van der Waals surface area (Å²) >= 11 is 1.06. The number of thioether (sulfide) groups is 1. The molecule has 1 aliphatic heterocycles. The highest BCUT2D eigenvalue weighted by Gasteiger charge is 2.23. The van der Waals surface area contributed by atoms with Crippen LogP contribution in [0.25, 0.3) is 0 Å². The van der Waals surface area contributed by atoms with Crippen LogP contribution in [0, 0.1) is 16.6 Å². The molecule has 1 aliphatic rings. The number of carbonyl (C=O) groups excluding carboxylic acids is 1. The zero-order valence-electron chi connectivity index (χ0n) is 13.6. The quantitative estimate of drug-likeness (QED) is 0.714. The number of rotatable bonds is 5. The fourth-order valence-electron chi connectivity index (χ4n) is 2.07. The van der Waals surface area contributed by atoms with Crippen molar-refractivity contribution in [1.82, 2.24) is 5.32 Å². The first-order chi connectivity index (χ1) is 11.3. The van der Waals surface area contributed by atoms with Crippen LogP contribution in [-0.2, 0) is 11.3 Å². The van der Waals surface area contributed by atoms with E-state index >= 15 is 0 Å². The molecule has 1 aromatic carbocycles. The van der Waals surface area contributed by atoms with Gasteiger partial charge in [-0.1, -0.05) is 17.8 Å². The van der Waals surface area contributed by atoms with Gasteiger partial charge < -0.3 is 15.5 Å². The van der Waals surface area contributed by atoms with Gasteiger partial charge in [-0.25, -0.2) is 4.39 Å². The van der Waals surface area contributed by atoms with Gasteiger partial charge in [0.15, 0.2) is 11.6 Å². The summed E-state index contributed by atoms with van der Waals surface area (Å²) in [6.45, 7) is 3.57. The third kappa shape index (κ3) is 3.91. The Kier molecular flexibility index (Phi) is 5.56. The highest BCUT2D eigenvalue weighted by atomic mass is 32.2. The zero-order chi connectivity index (χ0) is 17.9. The summed E-state index contributed by atoms with van der Waals surface area (Å²) in [5.41, 5.74) is 2.24. The van der Waals surface area contributed by atoms with Crippen LogP contribution in [0.3, 0.4) is 0 Å². The lowest BCUT2D eigenvalue weighted by Gasteiger charge is -2.07. The molecule has 1 amide bonds. The van der Waals surface area contributed by atoms with E-state index in [-0.39, 0.29) is 23.2 Å². The molecule has 0 atom stereocenters. The molecule has 0 spiro atoms. The maximum Gasteiger partial charge on any atom is 0.258 e. The van der Waals surface area contributed by atoms with E-state index < -0.39 is 5.82 Å². The number of hydrogen-bond acceptors (Lipinski definition) is 5. The molecule has 0 aliphatic carbocycles. The predicted octanol–water partition coefficient (Wildman–Crippen LogP) is 3.41. The van der Waals surface area contributed by atoms with Crippen LogP contribution in [0.5, 0.6) is 5.75 Å². The first kappa shape index (κ1) is 17.9. The summed E-state index contributed by atoms with van der Waals surface area (Å²) in [6, 6.07) is 4.49. The Morgan fingerprint density at radius 1 is 1.38 bits per heavy atom. The van der Waals surface area contributed by atoms with Crippen LogP contribution in [0.2, 0.25) is 0 Å². The van der Waals surface area contributed by atoms with Gasteiger partial charge in [-0.05, 0) is 43.2 Å². The number of halogens is 1. The Balaban J connectivity index is 2.07. The molecular formula is C17H18FN3O2S. The van der Waals surface area contributed by atoms with Crippen LogP contribution in [0.1, 0.15) is 19.4 Å². The van der Waals surface area contributed by atoms with Crippen LogP contribution < -0.4 is 10.1 Å². The van der Waals surface area contributed by atoms with Crippen molar-refractivity contribution in [3.05, 3.63) is 51.7 Å². The van der Waals surface area contributed by atoms with Crippen molar-refractivity contribution in [1.29, 1.82) is 10.8 Å². The normalized spacial score (nSPS) is 15.8. The van der Waals surface area contributed by atoms with Crippen molar-refractivity contribution in [2.75, 3.05) is 7.11 Å². The molecule has 0 bridgehead atoms. The molecular weight excluding hydrogens is 329 g/mol. The number of amides is 1. The molecule has 0 fully saturated rings. The molecule has 24 heavy (non-hydrogen) atoms. The first-order valence-electron chi connectivity index (χ1n) is 7.19. The number of ether oxygens (including phenoxy) is 1. The lowest BCUT2D eigenvalue weighted by atomic mass is 10.1. The van der Waals surface area contributed by atoms with Gasteiger partial charge in [0.1, 0.15) is 0 Å². The Hall–Kier alpha value is -2.41. The van der Waals surface area contributed by atoms with Gasteiger partial charge >= 0.3 is 0 Å². The van der Waals surface area contributed by atoms with Crippen molar-refractivity contribution < 1.29 is 13.9 Å². The van der Waals surface area contributed by atoms with Crippen LogP contribution in [0.4, 0.5) is 4.39 Å². The van der Waals surface area contributed by atoms with Gasteiger partial charge in [-0.15, -0.1) is 0 Å². The van der Waals surface area contributed by atoms with Gasteiger partial charge in [0.05, 0.1) is 17.1 Å². The SMILES string of the molecule is COc1ccc(CNC(=O)C2=C/C(=C(\C)C(C)=N)C(=N)S2)cc1F. The van der Waals surface area contributed by atoms with Crippen molar-refractivity contribution in [3.8, 4) is 5.75 Å². The number of benzene rings is 1. The number of nitrogens with one attached hydrogen (secondary N) is 3. The largest absolute Gasteiger partial charge is 0.494 e. The summed E-state index contributed by atoms with van der Waals surface area (Å²) in [5, 5.41) is 18.5. The molecule has 2 rings (SSSR count). The summed E-state index contributed by atoms with van der Waals surface area (Å²) in [7, 11) is 1.39. The van der Waals surface area contributed by atoms with Crippen LogP contribution in [-0.4, -0.2) is 23.8 Å². The average molecular weight is 347 g/mol. The Morgan fingerprint density at radius 2 is 2.08 bits per heavy atom. The highest BCUT2D eigenvalue weighted by Crippen LogP contribution is 2.33. The van der Waals surface area contributed by atoms with Crippen molar-refractivity contribution in [2.24, 2.45) is 0 Å². The smallest absolute Gasteiger partial charge is 0.258 e. The molecule has 0 saturated heterocycles. The summed E-state index contributed by atoms with van der Waals surface area (Å²) in [5.74, 6) is -0.658. The topological polar surface area (TPSA) is 86.0 Å². The van der Waals surface area contributed by atoms with Crippen LogP contribution in [0.15, 0.2) is 40.3 Å². The minimum absolute atomic E-state index is 0.153. The van der Waals surface area contributed by atoms with Gasteiger partial charge in [-0.2, -0.15) is 0 Å². The minimum Gasteiger partial charge on any atom is -0.494 e. The van der Waals surface area contributed by atoms with Gasteiger partial charge in [0.25, 0.3) is 5.91 Å². The molecule has 0 saturated carbocycles. The number of allylic oxidation sites excluding steroid dienone is 2. The second-order valence-electron chi connectivity index (χ2n) is 5.26. The molecule has 0 unspecified atom stereocenters. The first-order valence-corrected chi connectivity index (χ1v) is 8.00. The van der Waals surface area contributed by atoms with E-state index in [1.54, 1.807) is 26.0 Å². The van der Waals surface area contributed by atoms with E-state index in [0.717, 1.165) is 11.8 Å². The molecule has 5 nitrogen and oxygen atoms in total. The predicted molar refractivity (Wildman–Crippen MR) is 94.3 cm³/mol. The summed E-state index contributed by atoms with van der Waals surface area (Å²) in [4.78, 5) is 12.6. The van der Waals surface area contributed by atoms with E-state index in [1.807, 2.05) is 0 Å². The molecule has 1 heterocycles. The molecule has 3 N–H and O–H groups in total. The lowest BCUT2D eigenvalue weighted by Crippen LogP contribution is -2.23. The maximum atomic E-state index is 13.6. The zero-order valence-corrected chi connectivity index (χ0v) is 14.4. The van der Waals surface area contributed by atoms with Gasteiger partial charge in [0.2, 0.25) is 0 Å². The average Bonchev–Trinajstić information content (AvgIpc) is 2.93. The highest BCUT2D eigenvalue weighted by molar-refractivity contribution is 8.18. The standard InChI is InChI=1S/C17H18FN3O2S/c1-9(10(2)19)12-7-15(24-16(12)20)17(22)21-8-11-4-5-14(23-3)13(18)6-11/h4-7,19-20H,8H2,1-3H3,(H,21,22)/b12-9-,19-10?,20-16?. The Bertz CT molecular complexity index is 784. The lowest BCUT2D eigenvalue weighted by molar-refractivity contribution is -0.116. The second kappa shape index (κ2) is 7.44. The summed E-state index contributed by atoms with van der Waals surface area (Å²) in [6.07, 6.45) is 1.62. The molecule has 7 heteroatoms. The molecule has 1 aromatic rings. The molecule has 126 valence electrons. The number of carbonyl (C=O) groups is 1. The van der Waals surface area contributed by atoms with Crippen molar-refractivity contribution >= 4 is 28.4 Å². The third-order valence-corrected chi connectivity index (χ3v) is 4.54. The van der Waals surface area contributed by atoms with E-state index in [0.29, 0.717) is 27.3 Å². The second-order valence-corrected chi connectivity index (χ2v) is 6.31. The molecule has 0 radical (unpaired) electrons. The maximum absolute atomic E-state index is 13.6. The van der Waals surface area contributed by atoms with Crippen molar-refractivity contribution in [2.45, 2.75) is 20.4 Å². The monoisotopic (exact) mass is 347 g/mol. The molecule has 0 aromatic heterocycles. The summed E-state index contributed by atoms with van der Waals surface area (Å²) < 4.78 is 18.5. The Labute approximate surface area is 144 Å². The third-order valence-electron chi connectivity index (χ3n) is 3.59. The fraction of sp³-hybridized carbons (Fsp3) is 0.235. The van der Waals surface area contributed by atoms with E-state index in [1.165, 1.54) is 19.2 Å². The van der Waals surface area contributed by atoms with Gasteiger partial charge in [0, 0.05) is 17.8 Å². The Morgan fingerprint density at radius 3 is 2.67 bits per heavy atom. The van der Waals surface area contributed by atoms with E-state index in [2.05, 4.69) is 5.32 Å². The van der Waals surface area contributed by atoms with E-state index in [4.69, 9.17) is 15.6 Å². The fourth-order valence-corrected chi connectivity index (χ4v) is 2.96. The van der Waals surface area contributed by atoms with Crippen molar-refractivity contribution in [3.63, 3.8) is 0 Å². The van der Waals surface area contributed by atoms with Crippen LogP contribution >= 0.6 is 11.8 Å². The number of hydrogen-bond donors (Lipinski definition) is 3. The van der Waals surface area contributed by atoms with Gasteiger partial charge in [-0.3, -0.25) is 10.2 Å².